The number of pyridine rings is 1. The first-order valence-electron chi connectivity index (χ1n) is 6.53. The van der Waals surface area contributed by atoms with Crippen LogP contribution in [-0.2, 0) is 0 Å². The molecule has 3 aromatic rings. The maximum atomic E-state index is 5.38. The lowest BCUT2D eigenvalue weighted by Gasteiger charge is -2.08. The van der Waals surface area contributed by atoms with Gasteiger partial charge in [-0.25, -0.2) is 4.98 Å². The smallest absolute Gasteiger partial charge is 0.222 e. The first kappa shape index (κ1) is 12.5. The van der Waals surface area contributed by atoms with E-state index in [1.54, 1.807) is 13.3 Å². The Labute approximate surface area is 117 Å². The largest absolute Gasteiger partial charge is 0.480 e. The highest BCUT2D eigenvalue weighted by molar-refractivity contribution is 5.89. The van der Waals surface area contributed by atoms with Crippen LogP contribution in [0.1, 0.15) is 5.56 Å². The van der Waals surface area contributed by atoms with Crippen LogP contribution in [0.5, 0.6) is 5.88 Å². The van der Waals surface area contributed by atoms with E-state index in [9.17, 15) is 0 Å². The minimum absolute atomic E-state index is 0.644. The second-order valence-electron chi connectivity index (χ2n) is 4.75. The molecule has 0 saturated heterocycles. The predicted molar refractivity (Wildman–Crippen MR) is 82.4 cm³/mol. The number of methoxy groups -OCH3 is 1. The van der Waals surface area contributed by atoms with Crippen LogP contribution in [-0.4, -0.2) is 24.1 Å². The molecule has 3 rings (SSSR count). The lowest BCUT2D eigenvalue weighted by molar-refractivity contribution is 0.399. The highest BCUT2D eigenvalue weighted by atomic mass is 16.5. The molecule has 0 unspecified atom stereocenters. The Morgan fingerprint density at radius 2 is 2.05 bits per heavy atom. The third-order valence-electron chi connectivity index (χ3n) is 3.50. The van der Waals surface area contributed by atoms with E-state index in [4.69, 9.17) is 4.74 Å². The number of aryl methyl sites for hydroxylation is 1. The molecule has 1 aromatic carbocycles. The molecule has 0 radical (unpaired) electrons. The minimum Gasteiger partial charge on any atom is -0.480 e. The Hall–Kier alpha value is -2.49. The summed E-state index contributed by atoms with van der Waals surface area (Å²) in [5.74, 6) is 0.644. The normalized spacial score (nSPS) is 10.8. The van der Waals surface area contributed by atoms with Crippen molar-refractivity contribution < 1.29 is 4.74 Å². The van der Waals surface area contributed by atoms with Gasteiger partial charge < -0.3 is 15.0 Å². The lowest BCUT2D eigenvalue weighted by Crippen LogP contribution is -1.93. The SMILES string of the molecule is CNc1ccc2cc(-c3c(C)ccnc3OC)[nH]c2c1. The van der Waals surface area contributed by atoms with Crippen LogP contribution in [0.15, 0.2) is 36.5 Å². The zero-order chi connectivity index (χ0) is 14.1. The number of aromatic nitrogens is 2. The molecule has 2 N–H and O–H groups in total. The van der Waals surface area contributed by atoms with Crippen molar-refractivity contribution >= 4 is 16.6 Å². The number of ether oxygens (including phenoxy) is 1. The predicted octanol–water partition coefficient (Wildman–Crippen LogP) is 3.59. The number of nitrogens with zero attached hydrogens (tertiary/aromatic N) is 1. The van der Waals surface area contributed by atoms with E-state index in [1.807, 2.05) is 13.1 Å². The van der Waals surface area contributed by atoms with Crippen LogP contribution < -0.4 is 10.1 Å². The maximum Gasteiger partial charge on any atom is 0.222 e. The molecule has 0 aliphatic heterocycles. The van der Waals surface area contributed by atoms with Crippen molar-refractivity contribution in [3.8, 4) is 17.1 Å². The average Bonchev–Trinajstić information content (AvgIpc) is 2.88. The van der Waals surface area contributed by atoms with Gasteiger partial charge in [0.15, 0.2) is 0 Å². The van der Waals surface area contributed by atoms with Gasteiger partial charge in [0, 0.05) is 29.8 Å². The fraction of sp³-hybridized carbons (Fsp3) is 0.188. The molecule has 4 heteroatoms. The number of fused-ring (bicyclic) bond motifs is 1. The van der Waals surface area contributed by atoms with Crippen LogP contribution in [0.2, 0.25) is 0 Å². The Bertz CT molecular complexity index is 762. The zero-order valence-corrected chi connectivity index (χ0v) is 11.8. The van der Waals surface area contributed by atoms with Crippen LogP contribution in [0.4, 0.5) is 5.69 Å². The van der Waals surface area contributed by atoms with Crippen molar-refractivity contribution in [2.75, 3.05) is 19.5 Å². The average molecular weight is 267 g/mol. The molecule has 4 nitrogen and oxygen atoms in total. The molecule has 0 bridgehead atoms. The number of anilines is 1. The van der Waals surface area contributed by atoms with Gasteiger partial charge in [0.1, 0.15) is 0 Å². The summed E-state index contributed by atoms with van der Waals surface area (Å²) in [5.41, 5.74) is 5.35. The second kappa shape index (κ2) is 4.89. The lowest BCUT2D eigenvalue weighted by atomic mass is 10.1. The second-order valence-corrected chi connectivity index (χ2v) is 4.75. The van der Waals surface area contributed by atoms with E-state index in [0.717, 1.165) is 28.0 Å². The summed E-state index contributed by atoms with van der Waals surface area (Å²) < 4.78 is 5.38. The standard InChI is InChI=1S/C16H17N3O/c1-10-6-7-18-16(20-3)15(10)14-8-11-4-5-12(17-2)9-13(11)19-14/h4-9,17,19H,1-3H3. The Kier molecular flexibility index (Phi) is 3.06. The molecule has 0 spiro atoms. The molecule has 0 fully saturated rings. The Morgan fingerprint density at radius 3 is 2.80 bits per heavy atom. The van der Waals surface area contributed by atoms with Crippen LogP contribution in [0.25, 0.3) is 22.2 Å². The number of rotatable bonds is 3. The van der Waals surface area contributed by atoms with Crippen molar-refractivity contribution in [1.82, 2.24) is 9.97 Å². The van der Waals surface area contributed by atoms with Gasteiger partial charge >= 0.3 is 0 Å². The number of nitrogens with one attached hydrogen (secondary N) is 2. The zero-order valence-electron chi connectivity index (χ0n) is 11.8. The van der Waals surface area contributed by atoms with E-state index in [2.05, 4.69) is 46.5 Å². The monoisotopic (exact) mass is 267 g/mol. The van der Waals surface area contributed by atoms with Crippen molar-refractivity contribution in [1.29, 1.82) is 0 Å². The molecule has 0 atom stereocenters. The minimum atomic E-state index is 0.644. The molecule has 0 aliphatic rings. The van der Waals surface area contributed by atoms with E-state index < -0.39 is 0 Å². The Balaban J connectivity index is 2.20. The van der Waals surface area contributed by atoms with E-state index in [1.165, 1.54) is 5.39 Å². The van der Waals surface area contributed by atoms with Crippen LogP contribution in [0, 0.1) is 6.92 Å². The summed E-state index contributed by atoms with van der Waals surface area (Å²) in [7, 11) is 3.56. The molecule has 102 valence electrons. The molecule has 0 amide bonds. The summed E-state index contributed by atoms with van der Waals surface area (Å²) in [4.78, 5) is 7.73. The summed E-state index contributed by atoms with van der Waals surface area (Å²) in [6.45, 7) is 2.06. The molecule has 2 heterocycles. The van der Waals surface area contributed by atoms with Gasteiger partial charge in [0.05, 0.1) is 18.4 Å². The van der Waals surface area contributed by atoms with Crippen LogP contribution >= 0.6 is 0 Å². The van der Waals surface area contributed by atoms with Gasteiger partial charge in [0.25, 0.3) is 0 Å². The first-order chi connectivity index (χ1) is 9.72. The summed E-state index contributed by atoms with van der Waals surface area (Å²) >= 11 is 0. The highest BCUT2D eigenvalue weighted by Crippen LogP contribution is 2.33. The van der Waals surface area contributed by atoms with Gasteiger partial charge in [-0.15, -0.1) is 0 Å². The number of benzene rings is 1. The molecule has 0 aliphatic carbocycles. The molecule has 0 saturated carbocycles. The fourth-order valence-electron chi connectivity index (χ4n) is 2.43. The molecular weight excluding hydrogens is 250 g/mol. The van der Waals surface area contributed by atoms with Crippen LogP contribution in [0.3, 0.4) is 0 Å². The third-order valence-corrected chi connectivity index (χ3v) is 3.50. The van der Waals surface area contributed by atoms with E-state index in [-0.39, 0.29) is 0 Å². The summed E-state index contributed by atoms with van der Waals surface area (Å²) in [6, 6.07) is 10.4. The summed E-state index contributed by atoms with van der Waals surface area (Å²) in [6.07, 6.45) is 1.76. The van der Waals surface area contributed by atoms with Crippen molar-refractivity contribution in [3.05, 3.63) is 42.1 Å². The quantitative estimate of drug-likeness (QED) is 0.762. The fourth-order valence-corrected chi connectivity index (χ4v) is 2.43. The summed E-state index contributed by atoms with van der Waals surface area (Å²) in [5, 5.41) is 4.32. The van der Waals surface area contributed by atoms with E-state index >= 15 is 0 Å². The molecular formula is C16H17N3O. The number of H-pyrrole nitrogens is 1. The molecule has 2 aromatic heterocycles. The van der Waals surface area contributed by atoms with Gasteiger partial charge in [-0.1, -0.05) is 6.07 Å². The van der Waals surface area contributed by atoms with Gasteiger partial charge in [-0.2, -0.15) is 0 Å². The van der Waals surface area contributed by atoms with Crippen molar-refractivity contribution in [3.63, 3.8) is 0 Å². The van der Waals surface area contributed by atoms with Crippen molar-refractivity contribution in [2.45, 2.75) is 6.92 Å². The van der Waals surface area contributed by atoms with Gasteiger partial charge in [0.2, 0.25) is 5.88 Å². The third kappa shape index (κ3) is 1.99. The maximum absolute atomic E-state index is 5.38. The number of aromatic amines is 1. The van der Waals surface area contributed by atoms with E-state index in [0.29, 0.717) is 5.88 Å². The number of hydrogen-bond donors (Lipinski definition) is 2. The number of hydrogen-bond acceptors (Lipinski definition) is 3. The topological polar surface area (TPSA) is 49.9 Å². The van der Waals surface area contributed by atoms with Crippen molar-refractivity contribution in [2.24, 2.45) is 0 Å². The van der Waals surface area contributed by atoms with Gasteiger partial charge in [-0.3, -0.25) is 0 Å². The Morgan fingerprint density at radius 1 is 1.20 bits per heavy atom. The first-order valence-corrected chi connectivity index (χ1v) is 6.53. The van der Waals surface area contributed by atoms with Gasteiger partial charge in [-0.05, 0) is 36.8 Å². The highest BCUT2D eigenvalue weighted by Gasteiger charge is 2.12. The molecule has 20 heavy (non-hydrogen) atoms.